The molecule has 1 aromatic rings. The Morgan fingerprint density at radius 3 is 2.47 bits per heavy atom. The first-order valence-electron chi connectivity index (χ1n) is 10.6. The van der Waals surface area contributed by atoms with E-state index in [0.29, 0.717) is 21.5 Å². The van der Waals surface area contributed by atoms with Crippen LogP contribution in [0.1, 0.15) is 56.6 Å². The molecule has 2 rings (SSSR count). The zero-order chi connectivity index (χ0) is 24.3. The van der Waals surface area contributed by atoms with E-state index in [1.165, 1.54) is 11.3 Å². The fraction of sp³-hybridized carbons (Fsp3) is 0.458. The number of carbonyl (C=O) groups is 3. The Kier molecular flexibility index (Phi) is 11.4. The Hall–Kier alpha value is -2.38. The standard InChI is InChI=1S/C15H24N2O.C9H10ClNO2S/c1-5-13(9-10-14(6-2)16-4)15(18)17-11-7-8-12(17)3;1-9(2,5-12)11-8(13)6-3-4-7(10)14-6/h6,9-10,12,16H,2,5,7-8,11H2,1,3-4H3;3-5H,1-2H3,(H,11,13)/b13-9+,14-10+;. The minimum Gasteiger partial charge on any atom is -0.388 e. The van der Waals surface area contributed by atoms with E-state index in [2.05, 4.69) is 24.1 Å². The van der Waals surface area contributed by atoms with Crippen molar-refractivity contribution in [3.63, 3.8) is 0 Å². The molecule has 8 heteroatoms. The van der Waals surface area contributed by atoms with Crippen LogP contribution in [-0.4, -0.2) is 48.2 Å². The molecule has 176 valence electrons. The molecule has 32 heavy (non-hydrogen) atoms. The van der Waals surface area contributed by atoms with Gasteiger partial charge in [0.05, 0.1) is 14.8 Å². The summed E-state index contributed by atoms with van der Waals surface area (Å²) in [6, 6.07) is 3.65. The normalized spacial score (nSPS) is 16.7. The van der Waals surface area contributed by atoms with Gasteiger partial charge in [-0.05, 0) is 64.3 Å². The first kappa shape index (κ1) is 27.7. The summed E-state index contributed by atoms with van der Waals surface area (Å²) in [5.74, 6) is -0.0998. The van der Waals surface area contributed by atoms with Gasteiger partial charge in [-0.2, -0.15) is 0 Å². The zero-order valence-electron chi connectivity index (χ0n) is 19.5. The highest BCUT2D eigenvalue weighted by molar-refractivity contribution is 7.18. The molecule has 1 aliphatic rings. The van der Waals surface area contributed by atoms with Gasteiger partial charge in [0.1, 0.15) is 6.29 Å². The highest BCUT2D eigenvalue weighted by Crippen LogP contribution is 2.22. The average Bonchev–Trinajstić information content (AvgIpc) is 3.39. The van der Waals surface area contributed by atoms with E-state index in [-0.39, 0.29) is 11.8 Å². The minimum absolute atomic E-state index is 0.179. The molecule has 2 N–H and O–H groups in total. The molecule has 0 aromatic carbocycles. The molecule has 1 atom stereocenters. The van der Waals surface area contributed by atoms with E-state index in [4.69, 9.17) is 11.6 Å². The number of hydrogen-bond acceptors (Lipinski definition) is 5. The van der Waals surface area contributed by atoms with Crippen molar-refractivity contribution in [2.24, 2.45) is 0 Å². The fourth-order valence-electron chi connectivity index (χ4n) is 3.02. The summed E-state index contributed by atoms with van der Waals surface area (Å²) < 4.78 is 0.555. The second-order valence-corrected chi connectivity index (χ2v) is 9.72. The van der Waals surface area contributed by atoms with Gasteiger partial charge in [-0.1, -0.05) is 31.2 Å². The SMILES string of the molecule is C=C/C(=C\C=C(/CC)C(=O)N1CCCC1C)NC.CC(C)(C=O)NC(=O)c1ccc(Cl)s1. The minimum atomic E-state index is -0.840. The van der Waals surface area contributed by atoms with Crippen LogP contribution in [0.15, 0.2) is 48.2 Å². The Morgan fingerprint density at radius 2 is 2.03 bits per heavy atom. The molecule has 1 unspecified atom stereocenters. The summed E-state index contributed by atoms with van der Waals surface area (Å²) in [4.78, 5) is 36.9. The van der Waals surface area contributed by atoms with Gasteiger partial charge in [0.25, 0.3) is 5.91 Å². The number of thiophene rings is 1. The highest BCUT2D eigenvalue weighted by Gasteiger charge is 2.26. The van der Waals surface area contributed by atoms with E-state index in [9.17, 15) is 14.4 Å². The number of hydrogen-bond donors (Lipinski definition) is 2. The van der Waals surface area contributed by atoms with Crippen LogP contribution in [0, 0.1) is 0 Å². The van der Waals surface area contributed by atoms with Gasteiger partial charge < -0.3 is 20.3 Å². The van der Waals surface area contributed by atoms with Crippen molar-refractivity contribution in [2.45, 2.75) is 58.5 Å². The largest absolute Gasteiger partial charge is 0.388 e. The van der Waals surface area contributed by atoms with Gasteiger partial charge in [0.2, 0.25) is 5.91 Å². The molecule has 2 amide bonds. The van der Waals surface area contributed by atoms with Crippen molar-refractivity contribution in [2.75, 3.05) is 13.6 Å². The second kappa shape index (κ2) is 13.2. The van der Waals surface area contributed by atoms with E-state index in [1.807, 2.05) is 31.0 Å². The van der Waals surface area contributed by atoms with E-state index in [0.717, 1.165) is 37.1 Å². The lowest BCUT2D eigenvalue weighted by molar-refractivity contribution is -0.127. The number of amides is 2. The van der Waals surface area contributed by atoms with Crippen LogP contribution in [0.2, 0.25) is 4.34 Å². The van der Waals surface area contributed by atoms with Gasteiger partial charge in [-0.25, -0.2) is 0 Å². The van der Waals surface area contributed by atoms with Crippen LogP contribution in [0.5, 0.6) is 0 Å². The van der Waals surface area contributed by atoms with Gasteiger partial charge in [-0.3, -0.25) is 9.59 Å². The Labute approximate surface area is 200 Å². The lowest BCUT2D eigenvalue weighted by atomic mass is 10.1. The molecule has 0 saturated carbocycles. The smallest absolute Gasteiger partial charge is 0.262 e. The van der Waals surface area contributed by atoms with Crippen LogP contribution in [0.25, 0.3) is 0 Å². The quantitative estimate of drug-likeness (QED) is 0.321. The van der Waals surface area contributed by atoms with Crippen LogP contribution in [0.4, 0.5) is 0 Å². The molecule has 0 spiro atoms. The highest BCUT2D eigenvalue weighted by atomic mass is 35.5. The number of halogens is 1. The monoisotopic (exact) mass is 479 g/mol. The number of nitrogens with zero attached hydrogens (tertiary/aromatic N) is 1. The maximum absolute atomic E-state index is 12.4. The third kappa shape index (κ3) is 8.63. The van der Waals surface area contributed by atoms with Gasteiger partial charge in [-0.15, -0.1) is 11.3 Å². The maximum Gasteiger partial charge on any atom is 0.262 e. The summed E-state index contributed by atoms with van der Waals surface area (Å²) in [7, 11) is 1.84. The average molecular weight is 480 g/mol. The number of aldehydes is 1. The lowest BCUT2D eigenvalue weighted by Crippen LogP contribution is -2.44. The molecule has 0 bridgehead atoms. The van der Waals surface area contributed by atoms with E-state index >= 15 is 0 Å². The van der Waals surface area contributed by atoms with Crippen molar-refractivity contribution < 1.29 is 14.4 Å². The molecular formula is C24H34ClN3O3S. The lowest BCUT2D eigenvalue weighted by Gasteiger charge is -2.22. The predicted molar refractivity (Wildman–Crippen MR) is 133 cm³/mol. The number of likely N-dealkylation sites (tertiary alicyclic amines) is 1. The summed E-state index contributed by atoms with van der Waals surface area (Å²) >= 11 is 6.86. The molecule has 6 nitrogen and oxygen atoms in total. The third-order valence-electron chi connectivity index (χ3n) is 4.97. The molecule has 2 heterocycles. The Balaban J connectivity index is 0.000000330. The number of nitrogens with one attached hydrogen (secondary N) is 2. The number of likely N-dealkylation sites (N-methyl/N-ethyl adjacent to an activating group) is 1. The van der Waals surface area contributed by atoms with Crippen LogP contribution in [0.3, 0.4) is 0 Å². The maximum atomic E-state index is 12.4. The van der Waals surface area contributed by atoms with Crippen LogP contribution in [-0.2, 0) is 9.59 Å². The molecule has 1 saturated heterocycles. The Bertz CT molecular complexity index is 874. The Morgan fingerprint density at radius 1 is 1.34 bits per heavy atom. The fourth-order valence-corrected chi connectivity index (χ4v) is 3.96. The molecule has 1 aromatic heterocycles. The number of allylic oxidation sites excluding steroid dienone is 3. The van der Waals surface area contributed by atoms with E-state index < -0.39 is 5.54 Å². The number of carbonyl (C=O) groups excluding carboxylic acids is 3. The zero-order valence-corrected chi connectivity index (χ0v) is 21.1. The molecule has 1 fully saturated rings. The van der Waals surface area contributed by atoms with Crippen molar-refractivity contribution in [3.8, 4) is 0 Å². The summed E-state index contributed by atoms with van der Waals surface area (Å²) in [5, 5.41) is 5.60. The van der Waals surface area contributed by atoms with E-state index in [1.54, 1.807) is 32.1 Å². The van der Waals surface area contributed by atoms with Crippen molar-refractivity contribution in [1.29, 1.82) is 0 Å². The van der Waals surface area contributed by atoms with Crippen LogP contribution < -0.4 is 10.6 Å². The van der Waals surface area contributed by atoms with Crippen molar-refractivity contribution >= 4 is 41.0 Å². The molecule has 0 radical (unpaired) electrons. The van der Waals surface area contributed by atoms with Crippen molar-refractivity contribution in [1.82, 2.24) is 15.5 Å². The molecular weight excluding hydrogens is 446 g/mol. The van der Waals surface area contributed by atoms with Gasteiger partial charge >= 0.3 is 0 Å². The number of rotatable bonds is 8. The summed E-state index contributed by atoms with van der Waals surface area (Å²) in [6.07, 6.45) is 9.24. The third-order valence-corrected chi connectivity index (χ3v) is 6.20. The predicted octanol–water partition coefficient (Wildman–Crippen LogP) is 4.73. The van der Waals surface area contributed by atoms with Crippen molar-refractivity contribution in [3.05, 3.63) is 57.4 Å². The second-order valence-electron chi connectivity index (χ2n) is 8.01. The van der Waals surface area contributed by atoms with Crippen LogP contribution >= 0.6 is 22.9 Å². The molecule has 1 aliphatic heterocycles. The summed E-state index contributed by atoms with van der Waals surface area (Å²) in [6.45, 7) is 12.0. The first-order valence-corrected chi connectivity index (χ1v) is 11.8. The van der Waals surface area contributed by atoms with Gasteiger partial charge in [0, 0.05) is 30.9 Å². The topological polar surface area (TPSA) is 78.5 Å². The first-order chi connectivity index (χ1) is 15.1. The summed E-state index contributed by atoms with van der Waals surface area (Å²) in [5.41, 5.74) is 0.939. The van der Waals surface area contributed by atoms with Gasteiger partial charge in [0.15, 0.2) is 0 Å². The molecule has 0 aliphatic carbocycles.